The van der Waals surface area contributed by atoms with Gasteiger partial charge in [0.25, 0.3) is 0 Å². The molecule has 0 saturated heterocycles. The average molecular weight is 234 g/mol. The third-order valence-corrected chi connectivity index (χ3v) is 0. The Hall–Kier alpha value is 5.03. The first-order valence-electron chi connectivity index (χ1n) is 0. The molecule has 0 aromatic rings. The zero-order chi connectivity index (χ0) is 0. The van der Waals surface area contributed by atoms with Crippen molar-refractivity contribution < 1.29 is 0 Å². The van der Waals surface area contributed by atoms with Gasteiger partial charge in [-0.3, -0.25) is 0 Å². The van der Waals surface area contributed by atoms with Crippen molar-refractivity contribution in [2.24, 2.45) is 0 Å². The van der Waals surface area contributed by atoms with E-state index < -0.39 is 0 Å². The summed E-state index contributed by atoms with van der Waals surface area (Å²) < 4.78 is 0. The van der Waals surface area contributed by atoms with Crippen LogP contribution in [-0.4, -0.2) is 127 Å². The van der Waals surface area contributed by atoms with Crippen molar-refractivity contribution in [3.05, 3.63) is 0 Å². The molecule has 0 nitrogen and oxygen atoms in total. The first kappa shape index (κ1) is 43.9. The Balaban J connectivity index is 0. The fourth-order valence-corrected chi connectivity index (χ4v) is 0. The molecule has 0 aliphatic rings. The van der Waals surface area contributed by atoms with Gasteiger partial charge in [0.05, 0.1) is 0 Å². The molecule has 0 spiro atoms. The molecule has 0 aromatic heterocycles. The first-order chi connectivity index (χ1) is 0. The second-order valence-electron chi connectivity index (χ2n) is 0. The summed E-state index contributed by atoms with van der Waals surface area (Å²) >= 11 is 0. The van der Waals surface area contributed by atoms with Gasteiger partial charge in [0.1, 0.15) is 0 Å². The maximum absolute atomic E-state index is 0. The maximum atomic E-state index is 0. The summed E-state index contributed by atoms with van der Waals surface area (Å²) in [7, 11) is 0. The topological polar surface area (TPSA) is 0 Å². The van der Waals surface area contributed by atoms with E-state index >= 15 is 0 Å². The second kappa shape index (κ2) is 32.3. The number of rotatable bonds is 0. The van der Waals surface area contributed by atoms with E-state index in [1.807, 2.05) is 0 Å². The van der Waals surface area contributed by atoms with Crippen molar-refractivity contribution in [3.8, 4) is 0 Å². The van der Waals surface area contributed by atoms with Crippen molar-refractivity contribution in [2.75, 3.05) is 0 Å². The van der Waals surface area contributed by atoms with Gasteiger partial charge in [0.15, 0.2) is 0 Å². The quantitative estimate of drug-likeness (QED) is 0.461. The molecule has 0 aromatic carbocycles. The van der Waals surface area contributed by atoms with Gasteiger partial charge in [0.2, 0.25) is 0 Å². The van der Waals surface area contributed by atoms with Crippen LogP contribution in [0, 0.1) is 0 Å². The first-order valence-corrected chi connectivity index (χ1v) is 0. The van der Waals surface area contributed by atoms with Gasteiger partial charge >= 0.3 is 127 Å². The zero-order valence-corrected chi connectivity index (χ0v) is 3.67. The molecule has 0 fully saturated rings. The van der Waals surface area contributed by atoms with Crippen molar-refractivity contribution in [3.63, 3.8) is 0 Å². The Kier molecular flexibility index (Phi) is 236. The van der Waals surface area contributed by atoms with Crippen LogP contribution in [0.3, 0.4) is 0 Å². The minimum atomic E-state index is 0. The number of hydrogen-bond acceptors (Lipinski definition) is 0. The molecule has 6 heavy (non-hydrogen) atoms. The van der Waals surface area contributed by atoms with Gasteiger partial charge in [-0.15, -0.1) is 37.2 Å². The number of halogens is 3. The van der Waals surface area contributed by atoms with Crippen LogP contribution in [0.25, 0.3) is 0 Å². The van der Waals surface area contributed by atoms with E-state index in [2.05, 4.69) is 0 Å². The summed E-state index contributed by atoms with van der Waals surface area (Å²) in [5, 5.41) is 0. The van der Waals surface area contributed by atoms with Gasteiger partial charge in [-0.25, -0.2) is 0 Å². The van der Waals surface area contributed by atoms with E-state index in [1.165, 1.54) is 0 Å². The summed E-state index contributed by atoms with van der Waals surface area (Å²) in [5.41, 5.74) is 0. The summed E-state index contributed by atoms with van der Waals surface area (Å²) in [6, 6.07) is 0. The molecule has 34 valence electrons. The predicted molar refractivity (Wildman–Crippen MR) is 46.0 cm³/mol. The number of hydrogen-bond donors (Lipinski definition) is 0. The van der Waals surface area contributed by atoms with Gasteiger partial charge in [-0.2, -0.15) is 0 Å². The molecule has 0 heterocycles. The molecule has 0 unspecified atom stereocenters. The molecule has 0 aliphatic carbocycles. The van der Waals surface area contributed by atoms with Crippen LogP contribution < -0.4 is 0 Å². The van der Waals surface area contributed by atoms with E-state index in [1.54, 1.807) is 0 Å². The van der Waals surface area contributed by atoms with Crippen molar-refractivity contribution in [2.45, 2.75) is 0 Å². The Bertz CT molecular complexity index is 8.75. The summed E-state index contributed by atoms with van der Waals surface area (Å²) in [6.45, 7) is 0. The molecule has 0 atom stereocenters. The van der Waals surface area contributed by atoms with E-state index in [0.717, 1.165) is 0 Å². The van der Waals surface area contributed by atoms with Gasteiger partial charge < -0.3 is 0 Å². The Morgan fingerprint density at radius 2 is 0.500 bits per heavy atom. The van der Waals surface area contributed by atoms with Crippen LogP contribution in [0.1, 0.15) is 0 Å². The third-order valence-electron chi connectivity index (χ3n) is 0. The molecular weight excluding hydrogens is 226 g/mol. The standard InChI is InChI=1S/2Ca.3ClH.K.5H/h;;3*1H;;;;;;. The van der Waals surface area contributed by atoms with E-state index in [9.17, 15) is 0 Å². The third kappa shape index (κ3) is 23.0. The van der Waals surface area contributed by atoms with Crippen LogP contribution in [0.2, 0.25) is 0 Å². The molecular formula is H8Ca2Cl3K. The summed E-state index contributed by atoms with van der Waals surface area (Å²) in [5.74, 6) is 0. The van der Waals surface area contributed by atoms with Crippen LogP contribution in [0.4, 0.5) is 0 Å². The summed E-state index contributed by atoms with van der Waals surface area (Å²) in [6.07, 6.45) is 0. The van der Waals surface area contributed by atoms with Gasteiger partial charge in [-0.05, 0) is 0 Å². The van der Waals surface area contributed by atoms with Gasteiger partial charge in [0, 0.05) is 0 Å². The van der Waals surface area contributed by atoms with Gasteiger partial charge in [-0.1, -0.05) is 0 Å². The predicted octanol–water partition coefficient (Wildman–Crippen LogP) is -1.22. The van der Waals surface area contributed by atoms with Crippen LogP contribution in [0.5, 0.6) is 0 Å². The zero-order valence-electron chi connectivity index (χ0n) is 1.22. The fraction of sp³-hybridized carbons (Fsp3) is 0. The second-order valence-corrected chi connectivity index (χ2v) is 0. The molecule has 0 aliphatic heterocycles. The molecule has 0 saturated carbocycles. The Labute approximate surface area is 159 Å². The molecule has 6 heteroatoms. The fourth-order valence-electron chi connectivity index (χ4n) is 0. The molecule has 0 bridgehead atoms. The van der Waals surface area contributed by atoms with E-state index in [-0.39, 0.29) is 164 Å². The van der Waals surface area contributed by atoms with Crippen molar-refractivity contribution in [1.29, 1.82) is 0 Å². The molecule has 0 N–H and O–H groups in total. The summed E-state index contributed by atoms with van der Waals surface area (Å²) in [4.78, 5) is 0. The van der Waals surface area contributed by atoms with E-state index in [0.29, 0.717) is 0 Å². The average Bonchev–Trinajstić information content (AvgIpc) is 0. The minimum absolute atomic E-state index is 0. The van der Waals surface area contributed by atoms with E-state index in [4.69, 9.17) is 0 Å². The molecule has 0 rings (SSSR count). The Morgan fingerprint density at radius 3 is 0.500 bits per heavy atom. The normalized spacial score (nSPS) is 0. The van der Waals surface area contributed by atoms with Crippen LogP contribution in [0.15, 0.2) is 0 Å². The van der Waals surface area contributed by atoms with Crippen molar-refractivity contribution in [1.82, 2.24) is 0 Å². The Morgan fingerprint density at radius 1 is 0.500 bits per heavy atom. The molecule has 0 radical (unpaired) electrons. The molecule has 0 amide bonds. The van der Waals surface area contributed by atoms with Crippen LogP contribution in [-0.2, 0) is 0 Å². The SMILES string of the molecule is Cl.Cl.Cl.[CaH2].[CaH2].[KH]. The van der Waals surface area contributed by atoms with Crippen LogP contribution >= 0.6 is 37.2 Å². The monoisotopic (exact) mass is 232 g/mol. The van der Waals surface area contributed by atoms with Crippen molar-refractivity contribution >= 4 is 164 Å².